The first-order valence-electron chi connectivity index (χ1n) is 9.34. The van der Waals surface area contributed by atoms with Crippen molar-refractivity contribution in [3.05, 3.63) is 82.0 Å². The Hall–Kier alpha value is -3.32. The van der Waals surface area contributed by atoms with Crippen molar-refractivity contribution in [1.29, 1.82) is 0 Å². The van der Waals surface area contributed by atoms with Crippen LogP contribution in [0.3, 0.4) is 0 Å². The van der Waals surface area contributed by atoms with Gasteiger partial charge >= 0.3 is 5.97 Å². The number of carbonyl (C=O) groups excluding carboxylic acids is 2. The number of hydrogen-bond donors (Lipinski definition) is 1. The molecule has 156 valence electrons. The van der Waals surface area contributed by atoms with E-state index >= 15 is 0 Å². The first kappa shape index (κ1) is 21.4. The van der Waals surface area contributed by atoms with E-state index in [9.17, 15) is 9.59 Å². The second-order valence-electron chi connectivity index (χ2n) is 6.73. The van der Waals surface area contributed by atoms with Gasteiger partial charge in [-0.15, -0.1) is 0 Å². The van der Waals surface area contributed by atoms with Crippen LogP contribution in [0, 0.1) is 13.8 Å². The lowest BCUT2D eigenvalue weighted by Gasteiger charge is -2.04. The first-order chi connectivity index (χ1) is 14.4. The lowest BCUT2D eigenvalue weighted by atomic mass is 10.1. The van der Waals surface area contributed by atoms with E-state index in [1.165, 1.54) is 17.9 Å². The number of esters is 1. The molecule has 0 spiro atoms. The van der Waals surface area contributed by atoms with Gasteiger partial charge in [-0.2, -0.15) is 5.10 Å². The maximum Gasteiger partial charge on any atom is 0.331 e. The van der Waals surface area contributed by atoms with Gasteiger partial charge in [0.2, 0.25) is 0 Å². The lowest BCUT2D eigenvalue weighted by Crippen LogP contribution is -2.27. The number of hydrogen-bond acceptors (Lipinski definition) is 5. The molecule has 0 saturated carbocycles. The minimum absolute atomic E-state index is 0.230. The molecule has 0 atom stereocenters. The number of carbonyl (C=O) groups is 2. The number of aryl methyl sites for hydroxylation is 2. The maximum atomic E-state index is 11.9. The molecule has 1 N–H and O–H groups in total. The SMILES string of the molecule is Cc1ccc(Cn2nc(C)c(/C=C/C(=O)OCC(=O)NCc3ccco3)c2Cl)cc1. The maximum absolute atomic E-state index is 11.9. The largest absolute Gasteiger partial charge is 0.467 e. The van der Waals surface area contributed by atoms with E-state index in [0.717, 1.165) is 5.56 Å². The summed E-state index contributed by atoms with van der Waals surface area (Å²) >= 11 is 6.44. The summed E-state index contributed by atoms with van der Waals surface area (Å²) in [4.78, 5) is 23.7. The monoisotopic (exact) mass is 427 g/mol. The predicted molar refractivity (Wildman–Crippen MR) is 113 cm³/mol. The second kappa shape index (κ2) is 9.93. The molecule has 1 aromatic carbocycles. The molecule has 1 amide bonds. The molecule has 0 aliphatic carbocycles. The van der Waals surface area contributed by atoms with E-state index in [0.29, 0.717) is 28.7 Å². The second-order valence-corrected chi connectivity index (χ2v) is 7.09. The summed E-state index contributed by atoms with van der Waals surface area (Å²) < 4.78 is 11.7. The molecular weight excluding hydrogens is 406 g/mol. The van der Waals surface area contributed by atoms with Crippen molar-refractivity contribution >= 4 is 29.6 Å². The zero-order valence-corrected chi connectivity index (χ0v) is 17.5. The predicted octanol–water partition coefficient (Wildman–Crippen LogP) is 3.67. The van der Waals surface area contributed by atoms with Gasteiger partial charge in [0.05, 0.1) is 25.0 Å². The highest BCUT2D eigenvalue weighted by Gasteiger charge is 2.12. The van der Waals surface area contributed by atoms with Crippen LogP contribution in [0.2, 0.25) is 5.15 Å². The number of aromatic nitrogens is 2. The summed E-state index contributed by atoms with van der Waals surface area (Å²) in [5, 5.41) is 7.46. The van der Waals surface area contributed by atoms with Crippen molar-refractivity contribution < 1.29 is 18.7 Å². The first-order valence-corrected chi connectivity index (χ1v) is 9.72. The number of rotatable bonds is 8. The molecule has 0 saturated heterocycles. The van der Waals surface area contributed by atoms with E-state index in [-0.39, 0.29) is 13.2 Å². The van der Waals surface area contributed by atoms with Gasteiger partial charge in [0.15, 0.2) is 6.61 Å². The van der Waals surface area contributed by atoms with Gasteiger partial charge in [0.25, 0.3) is 5.91 Å². The summed E-state index contributed by atoms with van der Waals surface area (Å²) in [5.74, 6) is -0.458. The average Bonchev–Trinajstić information content (AvgIpc) is 3.33. The molecular formula is C22H22ClN3O4. The smallest absolute Gasteiger partial charge is 0.331 e. The van der Waals surface area contributed by atoms with E-state index < -0.39 is 11.9 Å². The fourth-order valence-electron chi connectivity index (χ4n) is 2.71. The van der Waals surface area contributed by atoms with Crippen LogP contribution >= 0.6 is 11.6 Å². The fourth-order valence-corrected chi connectivity index (χ4v) is 3.01. The summed E-state index contributed by atoms with van der Waals surface area (Å²) in [6.45, 7) is 4.20. The van der Waals surface area contributed by atoms with Gasteiger partial charge in [-0.25, -0.2) is 9.48 Å². The third kappa shape index (κ3) is 5.84. The number of nitrogens with zero attached hydrogens (tertiary/aromatic N) is 2. The Balaban J connectivity index is 1.53. The quantitative estimate of drug-likeness (QED) is 0.438. The van der Waals surface area contributed by atoms with Crippen LogP contribution in [-0.2, 0) is 27.4 Å². The molecule has 0 radical (unpaired) electrons. The van der Waals surface area contributed by atoms with Crippen LogP contribution in [0.4, 0.5) is 0 Å². The van der Waals surface area contributed by atoms with E-state index in [4.69, 9.17) is 20.8 Å². The molecule has 8 heteroatoms. The Morgan fingerprint density at radius 1 is 1.23 bits per heavy atom. The number of nitrogens with one attached hydrogen (secondary N) is 1. The third-order valence-corrected chi connectivity index (χ3v) is 4.73. The van der Waals surface area contributed by atoms with Crippen LogP contribution in [0.1, 0.15) is 28.1 Å². The Labute approximate surface area is 179 Å². The normalized spacial score (nSPS) is 11.0. The molecule has 0 fully saturated rings. The Morgan fingerprint density at radius 2 is 2.00 bits per heavy atom. The topological polar surface area (TPSA) is 86.4 Å². The third-order valence-electron chi connectivity index (χ3n) is 4.33. The Morgan fingerprint density at radius 3 is 2.70 bits per heavy atom. The summed E-state index contributed by atoms with van der Waals surface area (Å²) in [7, 11) is 0. The fraction of sp³-hybridized carbons (Fsp3) is 0.227. The molecule has 2 heterocycles. The van der Waals surface area contributed by atoms with Gasteiger partial charge in [-0.1, -0.05) is 41.4 Å². The van der Waals surface area contributed by atoms with Crippen LogP contribution in [-0.4, -0.2) is 28.3 Å². The van der Waals surface area contributed by atoms with Gasteiger partial charge < -0.3 is 14.5 Å². The van der Waals surface area contributed by atoms with Crippen LogP contribution in [0.25, 0.3) is 6.08 Å². The van der Waals surface area contributed by atoms with E-state index in [2.05, 4.69) is 10.4 Å². The lowest BCUT2D eigenvalue weighted by molar-refractivity contribution is -0.143. The van der Waals surface area contributed by atoms with Crippen LogP contribution in [0.5, 0.6) is 0 Å². The summed E-state index contributed by atoms with van der Waals surface area (Å²) in [6, 6.07) is 11.6. The van der Waals surface area contributed by atoms with Gasteiger partial charge in [0.1, 0.15) is 10.9 Å². The molecule has 2 aromatic heterocycles. The number of furan rings is 1. The van der Waals surface area contributed by atoms with Crippen molar-refractivity contribution in [3.8, 4) is 0 Å². The Kier molecular flexibility index (Phi) is 7.08. The van der Waals surface area contributed by atoms with Crippen molar-refractivity contribution in [2.45, 2.75) is 26.9 Å². The van der Waals surface area contributed by atoms with Crippen molar-refractivity contribution in [2.75, 3.05) is 6.61 Å². The van der Waals surface area contributed by atoms with E-state index in [1.54, 1.807) is 22.9 Å². The highest BCUT2D eigenvalue weighted by molar-refractivity contribution is 6.31. The molecule has 30 heavy (non-hydrogen) atoms. The summed E-state index contributed by atoms with van der Waals surface area (Å²) in [6.07, 6.45) is 4.29. The zero-order valence-electron chi connectivity index (χ0n) is 16.7. The van der Waals surface area contributed by atoms with Crippen LogP contribution < -0.4 is 5.32 Å². The highest BCUT2D eigenvalue weighted by atomic mass is 35.5. The highest BCUT2D eigenvalue weighted by Crippen LogP contribution is 2.22. The molecule has 0 unspecified atom stereocenters. The molecule has 0 aliphatic rings. The molecule has 7 nitrogen and oxygen atoms in total. The van der Waals surface area contributed by atoms with Gasteiger partial charge in [-0.05, 0) is 37.6 Å². The van der Waals surface area contributed by atoms with Gasteiger partial charge in [-0.3, -0.25) is 4.79 Å². The van der Waals surface area contributed by atoms with E-state index in [1.807, 2.05) is 38.1 Å². The minimum Gasteiger partial charge on any atom is -0.467 e. The number of benzene rings is 1. The average molecular weight is 428 g/mol. The minimum atomic E-state index is -0.648. The zero-order chi connectivity index (χ0) is 21.5. The summed E-state index contributed by atoms with van der Waals surface area (Å²) in [5.41, 5.74) is 3.56. The van der Waals surface area contributed by atoms with Gasteiger partial charge in [0, 0.05) is 11.6 Å². The standard InChI is InChI=1S/C22H22ClN3O4/c1-15-5-7-17(8-6-15)13-26-22(23)19(16(2)25-26)9-10-21(28)30-14-20(27)24-12-18-4-3-11-29-18/h3-11H,12-14H2,1-2H3,(H,24,27)/b10-9+. The Bertz CT molecular complexity index is 1040. The van der Waals surface area contributed by atoms with Crippen molar-refractivity contribution in [3.63, 3.8) is 0 Å². The number of amides is 1. The molecule has 0 aliphatic heterocycles. The van der Waals surface area contributed by atoms with Crippen LogP contribution in [0.15, 0.2) is 53.2 Å². The number of halogens is 1. The van der Waals surface area contributed by atoms with Crippen molar-refractivity contribution in [1.82, 2.24) is 15.1 Å². The number of ether oxygens (including phenoxy) is 1. The molecule has 3 aromatic rings. The molecule has 3 rings (SSSR count). The molecule has 0 bridgehead atoms. The van der Waals surface area contributed by atoms with Crippen molar-refractivity contribution in [2.24, 2.45) is 0 Å².